The van der Waals surface area contributed by atoms with Gasteiger partial charge in [0.15, 0.2) is 0 Å². The molecule has 0 fully saturated rings. The number of hydrogen-bond donors (Lipinski definition) is 0. The van der Waals surface area contributed by atoms with E-state index in [-0.39, 0.29) is 6.61 Å². The second-order valence-corrected chi connectivity index (χ2v) is 4.36. The molecule has 0 unspecified atom stereocenters. The molecule has 0 amide bonds. The van der Waals surface area contributed by atoms with Crippen molar-refractivity contribution < 1.29 is 27.4 Å². The lowest BCUT2D eigenvalue weighted by Crippen LogP contribution is -2.22. The Morgan fingerprint density at radius 1 is 0.818 bits per heavy atom. The molecule has 0 aromatic heterocycles. The minimum absolute atomic E-state index is 0.238. The van der Waals surface area contributed by atoms with Gasteiger partial charge in [0.1, 0.15) is 24.7 Å². The molecule has 22 heavy (non-hydrogen) atoms. The third kappa shape index (κ3) is 4.51. The summed E-state index contributed by atoms with van der Waals surface area (Å²) in [7, 11) is 0. The Morgan fingerprint density at radius 2 is 1.32 bits per heavy atom. The van der Waals surface area contributed by atoms with Crippen molar-refractivity contribution in [2.75, 3.05) is 13.2 Å². The smallest absolute Gasteiger partial charge is 0.454 e. The number of ketones is 1. The predicted octanol–water partition coefficient (Wildman–Crippen LogP) is 3.89. The normalized spacial score (nSPS) is 11.0. The van der Waals surface area contributed by atoms with Crippen molar-refractivity contribution in [2.45, 2.75) is 6.18 Å². The predicted molar refractivity (Wildman–Crippen MR) is 74.3 cm³/mol. The molecule has 0 saturated heterocycles. The molecule has 2 aromatic carbocycles. The fourth-order valence-electron chi connectivity index (χ4n) is 1.70. The summed E-state index contributed by atoms with van der Waals surface area (Å²) in [5.74, 6) is -0.793. The molecule has 0 radical (unpaired) electrons. The first-order valence-corrected chi connectivity index (χ1v) is 6.49. The van der Waals surface area contributed by atoms with Crippen LogP contribution in [0.1, 0.15) is 10.4 Å². The third-order valence-electron chi connectivity index (χ3n) is 2.74. The van der Waals surface area contributed by atoms with E-state index in [1.165, 1.54) is 12.1 Å². The van der Waals surface area contributed by atoms with Gasteiger partial charge in [-0.15, -0.1) is 0 Å². The van der Waals surface area contributed by atoms with Crippen molar-refractivity contribution in [3.8, 4) is 11.5 Å². The van der Waals surface area contributed by atoms with Crippen molar-refractivity contribution in [3.05, 3.63) is 60.2 Å². The Kier molecular flexibility index (Phi) is 5.04. The average molecular weight is 310 g/mol. The topological polar surface area (TPSA) is 35.5 Å². The first-order valence-electron chi connectivity index (χ1n) is 6.49. The summed E-state index contributed by atoms with van der Waals surface area (Å²) < 4.78 is 47.5. The Bertz CT molecular complexity index is 607. The highest BCUT2D eigenvalue weighted by molar-refractivity contribution is 6.00. The number of hydrogen-bond acceptors (Lipinski definition) is 3. The van der Waals surface area contributed by atoms with Gasteiger partial charge in [0.25, 0.3) is 5.78 Å². The second kappa shape index (κ2) is 6.98. The molecule has 0 heterocycles. The number of benzene rings is 2. The highest BCUT2D eigenvalue weighted by Crippen LogP contribution is 2.22. The first-order chi connectivity index (χ1) is 10.5. The van der Waals surface area contributed by atoms with Gasteiger partial charge in [-0.25, -0.2) is 0 Å². The maximum Gasteiger partial charge on any atom is 0.454 e. The van der Waals surface area contributed by atoms with Crippen LogP contribution in [0.25, 0.3) is 0 Å². The van der Waals surface area contributed by atoms with Crippen molar-refractivity contribution in [3.63, 3.8) is 0 Å². The van der Waals surface area contributed by atoms with Crippen LogP contribution in [0.4, 0.5) is 13.2 Å². The lowest BCUT2D eigenvalue weighted by molar-refractivity contribution is -0.0885. The van der Waals surface area contributed by atoms with Crippen molar-refractivity contribution in [1.29, 1.82) is 0 Å². The maximum atomic E-state index is 12.2. The third-order valence-corrected chi connectivity index (χ3v) is 2.74. The van der Waals surface area contributed by atoms with Crippen LogP contribution in [0.5, 0.6) is 11.5 Å². The molecule has 0 spiro atoms. The highest BCUT2D eigenvalue weighted by atomic mass is 19.4. The summed E-state index contributed by atoms with van der Waals surface area (Å²) in [5.41, 5.74) is -0.416. The number of Topliss-reactive ketones (excluding diaryl/α,β-unsaturated/α-hetero) is 1. The first kappa shape index (κ1) is 15.9. The van der Waals surface area contributed by atoms with E-state index < -0.39 is 17.5 Å². The molecule has 0 aliphatic heterocycles. The lowest BCUT2D eigenvalue weighted by Gasteiger charge is -2.09. The van der Waals surface area contributed by atoms with Gasteiger partial charge in [-0.1, -0.05) is 18.2 Å². The summed E-state index contributed by atoms with van der Waals surface area (Å²) in [6, 6.07) is 14.0. The van der Waals surface area contributed by atoms with Crippen molar-refractivity contribution in [1.82, 2.24) is 0 Å². The van der Waals surface area contributed by atoms with Crippen LogP contribution in [0.3, 0.4) is 0 Å². The number of para-hydroxylation sites is 1. The molecular formula is C16H13F3O3. The van der Waals surface area contributed by atoms with Crippen molar-refractivity contribution in [2.24, 2.45) is 0 Å². The van der Waals surface area contributed by atoms with Gasteiger partial charge in [-0.05, 0) is 36.4 Å². The van der Waals surface area contributed by atoms with E-state index in [2.05, 4.69) is 0 Å². The number of ether oxygens (including phenoxy) is 2. The van der Waals surface area contributed by atoms with Crippen LogP contribution in [-0.2, 0) is 0 Å². The van der Waals surface area contributed by atoms with E-state index in [0.29, 0.717) is 18.1 Å². The van der Waals surface area contributed by atoms with Gasteiger partial charge in [0, 0.05) is 5.56 Å². The maximum absolute atomic E-state index is 12.2. The zero-order chi connectivity index (χ0) is 16.0. The molecular weight excluding hydrogens is 297 g/mol. The van der Waals surface area contributed by atoms with Crippen LogP contribution in [0.15, 0.2) is 54.6 Å². The number of halogens is 3. The van der Waals surface area contributed by atoms with Gasteiger partial charge < -0.3 is 9.47 Å². The number of alkyl halides is 3. The molecule has 0 aliphatic rings. The fraction of sp³-hybridized carbons (Fsp3) is 0.188. The molecule has 0 bridgehead atoms. The molecule has 0 atom stereocenters. The van der Waals surface area contributed by atoms with E-state index in [9.17, 15) is 18.0 Å². The minimum Gasteiger partial charge on any atom is -0.490 e. The summed E-state index contributed by atoms with van der Waals surface area (Å²) in [6.07, 6.45) is -4.87. The van der Waals surface area contributed by atoms with Gasteiger partial charge in [0.05, 0.1) is 0 Å². The van der Waals surface area contributed by atoms with Crippen LogP contribution in [-0.4, -0.2) is 25.2 Å². The van der Waals surface area contributed by atoms with Crippen molar-refractivity contribution >= 4 is 5.78 Å². The van der Waals surface area contributed by atoms with Gasteiger partial charge in [0.2, 0.25) is 0 Å². The van der Waals surface area contributed by atoms with E-state index in [4.69, 9.17) is 9.47 Å². The average Bonchev–Trinajstić information content (AvgIpc) is 2.52. The molecule has 2 aromatic rings. The number of rotatable bonds is 6. The van der Waals surface area contributed by atoms with E-state index in [1.54, 1.807) is 12.1 Å². The summed E-state index contributed by atoms with van der Waals surface area (Å²) in [5, 5.41) is 0. The molecule has 0 saturated carbocycles. The summed E-state index contributed by atoms with van der Waals surface area (Å²) in [6.45, 7) is 0.536. The standard InChI is InChI=1S/C16H13F3O3/c17-16(18,19)15(20)12-6-8-14(9-7-12)22-11-10-21-13-4-2-1-3-5-13/h1-9H,10-11H2. The van der Waals surface area contributed by atoms with Gasteiger partial charge >= 0.3 is 6.18 Å². The van der Waals surface area contributed by atoms with E-state index in [1.807, 2.05) is 18.2 Å². The van der Waals surface area contributed by atoms with Crippen LogP contribution < -0.4 is 9.47 Å². The van der Waals surface area contributed by atoms with Crippen LogP contribution in [0, 0.1) is 0 Å². The Labute approximate surface area is 125 Å². The molecule has 2 rings (SSSR count). The zero-order valence-corrected chi connectivity index (χ0v) is 11.5. The molecule has 116 valence electrons. The SMILES string of the molecule is O=C(c1ccc(OCCOc2ccccc2)cc1)C(F)(F)F. The summed E-state index contributed by atoms with van der Waals surface area (Å²) >= 11 is 0. The van der Waals surface area contributed by atoms with Crippen LogP contribution >= 0.6 is 0 Å². The summed E-state index contributed by atoms with van der Waals surface area (Å²) in [4.78, 5) is 11.0. The van der Waals surface area contributed by atoms with Gasteiger partial charge in [-0.3, -0.25) is 4.79 Å². The molecule has 3 nitrogen and oxygen atoms in total. The lowest BCUT2D eigenvalue weighted by atomic mass is 10.1. The van der Waals surface area contributed by atoms with E-state index >= 15 is 0 Å². The Balaban J connectivity index is 1.81. The largest absolute Gasteiger partial charge is 0.490 e. The Hall–Kier alpha value is -2.50. The highest BCUT2D eigenvalue weighted by Gasteiger charge is 2.39. The number of carbonyl (C=O) groups is 1. The fourth-order valence-corrected chi connectivity index (χ4v) is 1.70. The van der Waals surface area contributed by atoms with Gasteiger partial charge in [-0.2, -0.15) is 13.2 Å². The minimum atomic E-state index is -4.87. The molecule has 0 aliphatic carbocycles. The zero-order valence-electron chi connectivity index (χ0n) is 11.5. The Morgan fingerprint density at radius 3 is 1.82 bits per heavy atom. The number of carbonyl (C=O) groups excluding carboxylic acids is 1. The quantitative estimate of drug-likeness (QED) is 0.600. The van der Waals surface area contributed by atoms with Crippen LogP contribution in [0.2, 0.25) is 0 Å². The monoisotopic (exact) mass is 310 g/mol. The molecule has 0 N–H and O–H groups in total. The second-order valence-electron chi connectivity index (χ2n) is 4.36. The molecule has 6 heteroatoms. The van der Waals surface area contributed by atoms with E-state index in [0.717, 1.165) is 12.1 Å².